The van der Waals surface area contributed by atoms with E-state index >= 15 is 0 Å². The lowest BCUT2D eigenvalue weighted by molar-refractivity contribution is 0.134. The average Bonchev–Trinajstić information content (AvgIpc) is 1.85. The number of hydrogen-bond acceptors (Lipinski definition) is 1. The molecule has 1 heterocycles. The molecule has 0 aromatic heterocycles. The Morgan fingerprint density at radius 2 is 1.91 bits per heavy atom. The zero-order valence-corrected chi connectivity index (χ0v) is 6.59. The predicted octanol–water partition coefficient (Wildman–Crippen LogP) is 1.38. The first-order valence-electron chi connectivity index (χ1n) is 3.44. The highest BCUT2D eigenvalue weighted by Crippen LogP contribution is 2.23. The monoisotopic (exact) mass is 157 g/mol. The lowest BCUT2D eigenvalue weighted by atomic mass is 9.53. The quantitative estimate of drug-likeness (QED) is 0.519. The van der Waals surface area contributed by atoms with Gasteiger partial charge in [0.15, 0.2) is 0 Å². The van der Waals surface area contributed by atoms with Crippen LogP contribution in [-0.4, -0.2) is 31.6 Å². The number of hydrogen-bond donors (Lipinski definition) is 0. The normalized spacial score (nSPS) is 21.4. The zero-order chi connectivity index (χ0) is 8.48. The smallest absolute Gasteiger partial charge is 0.339 e. The van der Waals surface area contributed by atoms with Crippen LogP contribution >= 0.6 is 0 Å². The van der Waals surface area contributed by atoms with Gasteiger partial charge in [0.05, 0.1) is 0 Å². The predicted molar refractivity (Wildman–Crippen MR) is 42.7 cm³/mol. The van der Waals surface area contributed by atoms with Crippen LogP contribution in [0, 0.1) is 0 Å². The molecule has 0 bridgehead atoms. The summed E-state index contributed by atoms with van der Waals surface area (Å²) in [5.41, 5.74) is 0. The fraction of sp³-hybridized carbons (Fsp3) is 0.429. The molecule has 4 heteroatoms. The van der Waals surface area contributed by atoms with Crippen LogP contribution in [-0.2, 0) is 0 Å². The Labute approximate surface area is 65.5 Å². The Balaban J connectivity index is 2.80. The molecule has 0 aromatic carbocycles. The lowest BCUT2D eigenvalue weighted by Gasteiger charge is -2.25. The van der Waals surface area contributed by atoms with E-state index in [0.717, 1.165) is 6.08 Å². The van der Waals surface area contributed by atoms with Crippen LogP contribution in [0.2, 0.25) is 0 Å². The van der Waals surface area contributed by atoms with Crippen LogP contribution < -0.4 is 0 Å². The Hall–Kier alpha value is -0.635. The van der Waals surface area contributed by atoms with Gasteiger partial charge in [-0.05, 0) is 20.2 Å². The number of allylic oxidation sites excluding steroid dienone is 3. The molecule has 0 aromatic rings. The summed E-state index contributed by atoms with van der Waals surface area (Å²) in [7, 11) is 3.28. The zero-order valence-electron chi connectivity index (χ0n) is 6.59. The third-order valence-corrected chi connectivity index (χ3v) is 1.67. The highest BCUT2D eigenvalue weighted by atomic mass is 19.3. The Kier molecular flexibility index (Phi) is 2.14. The lowest BCUT2D eigenvalue weighted by Crippen LogP contribution is -2.47. The van der Waals surface area contributed by atoms with Crippen molar-refractivity contribution >= 4 is 6.85 Å². The molecule has 11 heavy (non-hydrogen) atoms. The summed E-state index contributed by atoms with van der Waals surface area (Å²) in [6, 6.07) is 0. The van der Waals surface area contributed by atoms with Gasteiger partial charge in [-0.15, -0.1) is 0 Å². The van der Waals surface area contributed by atoms with Crippen molar-refractivity contribution in [1.82, 2.24) is 4.81 Å². The fourth-order valence-electron chi connectivity index (χ4n) is 1.10. The van der Waals surface area contributed by atoms with Gasteiger partial charge in [0.2, 0.25) is 0 Å². The number of halogens is 2. The molecule has 0 aliphatic carbocycles. The van der Waals surface area contributed by atoms with Crippen molar-refractivity contribution in [3.05, 3.63) is 24.2 Å². The number of alkyl halides is 2. The SMILES string of the molecule is CN(C)B1C=CC=CC1(F)F. The Morgan fingerprint density at radius 3 is 2.27 bits per heavy atom. The highest BCUT2D eigenvalue weighted by Gasteiger charge is 2.42. The second-order valence-corrected chi connectivity index (χ2v) is 2.83. The fourth-order valence-corrected chi connectivity index (χ4v) is 1.10. The third-order valence-electron chi connectivity index (χ3n) is 1.67. The molecule has 0 amide bonds. The summed E-state index contributed by atoms with van der Waals surface area (Å²) in [5.74, 6) is -1.22. The van der Waals surface area contributed by atoms with Crippen LogP contribution in [0.25, 0.3) is 0 Å². The Morgan fingerprint density at radius 1 is 1.27 bits per heavy atom. The number of nitrogens with zero attached hydrogens (tertiary/aromatic N) is 1. The van der Waals surface area contributed by atoms with Crippen molar-refractivity contribution in [2.45, 2.75) is 5.82 Å². The topological polar surface area (TPSA) is 3.24 Å². The van der Waals surface area contributed by atoms with Crippen molar-refractivity contribution in [1.29, 1.82) is 0 Å². The van der Waals surface area contributed by atoms with Gasteiger partial charge in [0.25, 0.3) is 5.82 Å². The maximum Gasteiger partial charge on any atom is 0.339 e. The van der Waals surface area contributed by atoms with Crippen molar-refractivity contribution in [2.75, 3.05) is 14.1 Å². The molecule has 0 spiro atoms. The molecule has 0 saturated heterocycles. The first-order chi connectivity index (χ1) is 5.04. The molecule has 1 aliphatic rings. The van der Waals surface area contributed by atoms with E-state index in [0.29, 0.717) is 0 Å². The molecular formula is C7H10BF2N. The minimum Gasteiger partial charge on any atom is -0.339 e. The molecule has 60 valence electrons. The van der Waals surface area contributed by atoms with Gasteiger partial charge in [-0.3, -0.25) is 0 Å². The van der Waals surface area contributed by atoms with Crippen LogP contribution in [0.4, 0.5) is 8.78 Å². The molecule has 0 saturated carbocycles. The summed E-state index contributed by atoms with van der Waals surface area (Å²) in [6.07, 6.45) is 3.94. The van der Waals surface area contributed by atoms with Crippen molar-refractivity contribution in [3.63, 3.8) is 0 Å². The standard InChI is InChI=1S/C7H10BF2N/c1-11(2)8-6-4-3-5-7(8,9)10/h3-6H,1-2H3. The van der Waals surface area contributed by atoms with Gasteiger partial charge in [0, 0.05) is 0 Å². The first-order valence-corrected chi connectivity index (χ1v) is 3.44. The minimum absolute atomic E-state index is 0.799. The molecule has 0 unspecified atom stereocenters. The van der Waals surface area contributed by atoms with Gasteiger partial charge in [-0.1, -0.05) is 18.1 Å². The second kappa shape index (κ2) is 2.78. The molecule has 0 radical (unpaired) electrons. The van der Waals surface area contributed by atoms with Crippen molar-refractivity contribution in [2.24, 2.45) is 0 Å². The molecule has 0 fully saturated rings. The summed E-state index contributed by atoms with van der Waals surface area (Å²) in [6.45, 7) is -0.799. The summed E-state index contributed by atoms with van der Waals surface area (Å²) in [4.78, 5) is 1.50. The third kappa shape index (κ3) is 1.68. The van der Waals surface area contributed by atoms with Crippen molar-refractivity contribution in [3.8, 4) is 0 Å². The molecule has 1 rings (SSSR count). The Bertz CT molecular complexity index is 199. The van der Waals surface area contributed by atoms with E-state index in [1.165, 1.54) is 16.9 Å². The van der Waals surface area contributed by atoms with E-state index in [1.54, 1.807) is 20.2 Å². The van der Waals surface area contributed by atoms with E-state index in [4.69, 9.17) is 0 Å². The maximum absolute atomic E-state index is 12.9. The summed E-state index contributed by atoms with van der Waals surface area (Å²) >= 11 is 0. The first kappa shape index (κ1) is 8.46. The molecule has 1 nitrogen and oxygen atoms in total. The van der Waals surface area contributed by atoms with Crippen LogP contribution in [0.3, 0.4) is 0 Å². The molecule has 1 aliphatic heterocycles. The van der Waals surface area contributed by atoms with Crippen LogP contribution in [0.1, 0.15) is 0 Å². The summed E-state index contributed by atoms with van der Waals surface area (Å²) < 4.78 is 25.9. The summed E-state index contributed by atoms with van der Waals surface area (Å²) in [5, 5.41) is 0. The second-order valence-electron chi connectivity index (χ2n) is 2.83. The van der Waals surface area contributed by atoms with Gasteiger partial charge >= 0.3 is 6.85 Å². The van der Waals surface area contributed by atoms with E-state index in [1.807, 2.05) is 0 Å². The van der Waals surface area contributed by atoms with E-state index < -0.39 is 12.7 Å². The van der Waals surface area contributed by atoms with Gasteiger partial charge < -0.3 is 4.81 Å². The number of rotatable bonds is 1. The van der Waals surface area contributed by atoms with E-state index in [-0.39, 0.29) is 0 Å². The highest BCUT2D eigenvalue weighted by molar-refractivity contribution is 6.64. The molecule has 0 N–H and O–H groups in total. The van der Waals surface area contributed by atoms with Crippen molar-refractivity contribution < 1.29 is 8.78 Å². The molecular weight excluding hydrogens is 147 g/mol. The van der Waals surface area contributed by atoms with Crippen LogP contribution in [0.15, 0.2) is 24.2 Å². The minimum atomic E-state index is -2.72. The van der Waals surface area contributed by atoms with Gasteiger partial charge in [0.1, 0.15) is 0 Å². The van der Waals surface area contributed by atoms with E-state index in [2.05, 4.69) is 0 Å². The van der Waals surface area contributed by atoms with Crippen LogP contribution in [0.5, 0.6) is 0 Å². The van der Waals surface area contributed by atoms with E-state index in [9.17, 15) is 8.78 Å². The van der Waals surface area contributed by atoms with Gasteiger partial charge in [-0.25, -0.2) is 8.78 Å². The maximum atomic E-state index is 12.9. The molecule has 0 atom stereocenters. The van der Waals surface area contributed by atoms with Gasteiger partial charge in [-0.2, -0.15) is 0 Å². The largest absolute Gasteiger partial charge is 0.339 e. The average molecular weight is 157 g/mol.